The number of anilines is 3. The third-order valence-corrected chi connectivity index (χ3v) is 4.56. The maximum absolute atomic E-state index is 5.84. The summed E-state index contributed by atoms with van der Waals surface area (Å²) in [6.45, 7) is 7.79. The lowest BCUT2D eigenvalue weighted by molar-refractivity contribution is -0.00569. The predicted octanol–water partition coefficient (Wildman–Crippen LogP) is 3.03. The summed E-state index contributed by atoms with van der Waals surface area (Å²) in [6, 6.07) is 8.25. The lowest BCUT2D eigenvalue weighted by Gasteiger charge is -2.35. The molecule has 1 saturated heterocycles. The Morgan fingerprint density at radius 3 is 2.65 bits per heavy atom. The van der Waals surface area contributed by atoms with E-state index >= 15 is 0 Å². The van der Waals surface area contributed by atoms with Crippen LogP contribution in [-0.4, -0.2) is 45.0 Å². The molecule has 7 heteroatoms. The molecule has 1 N–H and O–H groups in total. The first-order valence-corrected chi connectivity index (χ1v) is 8.93. The number of hydrogen-bond donors (Lipinski definition) is 1. The standard InChI is InChI=1S/C19H24N6O/c1-12-6-5-7-15(8-12)21-17-16-9-20-24(4)18(16)23-19(22-17)25-10-13(2)26-14(3)11-25/h5-9,13-14H,10-11H2,1-4H3,(H,21,22,23). The van der Waals surface area contributed by atoms with Crippen LogP contribution in [0, 0.1) is 6.92 Å². The molecule has 2 atom stereocenters. The molecule has 0 radical (unpaired) electrons. The number of fused-ring (bicyclic) bond motifs is 1. The average molecular weight is 352 g/mol. The smallest absolute Gasteiger partial charge is 0.229 e. The van der Waals surface area contributed by atoms with Crippen molar-refractivity contribution in [3.05, 3.63) is 36.0 Å². The van der Waals surface area contributed by atoms with Crippen LogP contribution in [0.25, 0.3) is 11.0 Å². The van der Waals surface area contributed by atoms with E-state index in [1.807, 2.05) is 25.4 Å². The van der Waals surface area contributed by atoms with Gasteiger partial charge in [-0.1, -0.05) is 12.1 Å². The van der Waals surface area contributed by atoms with Crippen molar-refractivity contribution >= 4 is 28.5 Å². The third kappa shape index (κ3) is 3.22. The fraction of sp³-hybridized carbons (Fsp3) is 0.421. The predicted molar refractivity (Wildman–Crippen MR) is 103 cm³/mol. The number of benzene rings is 1. The van der Waals surface area contributed by atoms with Crippen LogP contribution in [0.1, 0.15) is 19.4 Å². The van der Waals surface area contributed by atoms with Crippen molar-refractivity contribution in [2.75, 3.05) is 23.3 Å². The minimum Gasteiger partial charge on any atom is -0.372 e. The zero-order valence-corrected chi connectivity index (χ0v) is 15.6. The van der Waals surface area contributed by atoms with Crippen molar-refractivity contribution in [3.63, 3.8) is 0 Å². The Labute approximate surface area is 153 Å². The fourth-order valence-electron chi connectivity index (χ4n) is 3.45. The molecule has 1 aliphatic heterocycles. The molecule has 0 amide bonds. The number of morpholine rings is 1. The Balaban J connectivity index is 1.76. The van der Waals surface area contributed by atoms with Gasteiger partial charge in [-0.15, -0.1) is 0 Å². The second kappa shape index (κ2) is 6.57. The van der Waals surface area contributed by atoms with Gasteiger partial charge in [0.05, 0.1) is 23.8 Å². The molecular formula is C19H24N6O. The summed E-state index contributed by atoms with van der Waals surface area (Å²) in [4.78, 5) is 11.8. The van der Waals surface area contributed by atoms with Crippen molar-refractivity contribution in [1.29, 1.82) is 0 Å². The van der Waals surface area contributed by atoms with Gasteiger partial charge in [-0.05, 0) is 38.5 Å². The lowest BCUT2D eigenvalue weighted by Crippen LogP contribution is -2.46. The van der Waals surface area contributed by atoms with Crippen LogP contribution in [-0.2, 0) is 11.8 Å². The molecular weight excluding hydrogens is 328 g/mol. The van der Waals surface area contributed by atoms with Crippen LogP contribution in [0.4, 0.5) is 17.5 Å². The zero-order chi connectivity index (χ0) is 18.3. The number of aryl methyl sites for hydroxylation is 2. The molecule has 2 unspecified atom stereocenters. The summed E-state index contributed by atoms with van der Waals surface area (Å²) in [5.41, 5.74) is 3.02. The van der Waals surface area contributed by atoms with E-state index in [1.54, 1.807) is 4.68 Å². The quantitative estimate of drug-likeness (QED) is 0.781. The maximum Gasteiger partial charge on any atom is 0.229 e. The molecule has 0 spiro atoms. The van der Waals surface area contributed by atoms with Crippen molar-refractivity contribution in [1.82, 2.24) is 19.7 Å². The summed E-state index contributed by atoms with van der Waals surface area (Å²) in [5, 5.41) is 8.71. The zero-order valence-electron chi connectivity index (χ0n) is 15.6. The first kappa shape index (κ1) is 16.8. The minimum atomic E-state index is 0.151. The third-order valence-electron chi connectivity index (χ3n) is 4.56. The van der Waals surface area contributed by atoms with E-state index < -0.39 is 0 Å². The molecule has 2 aromatic heterocycles. The van der Waals surface area contributed by atoms with Gasteiger partial charge in [-0.2, -0.15) is 15.1 Å². The first-order valence-electron chi connectivity index (χ1n) is 8.93. The summed E-state index contributed by atoms with van der Waals surface area (Å²) in [5.74, 6) is 1.48. The summed E-state index contributed by atoms with van der Waals surface area (Å²) >= 11 is 0. The number of hydrogen-bond acceptors (Lipinski definition) is 6. The SMILES string of the molecule is Cc1cccc(Nc2nc(N3CC(C)OC(C)C3)nc3c2cnn3C)c1. The van der Waals surface area contributed by atoms with Crippen LogP contribution >= 0.6 is 0 Å². The average Bonchev–Trinajstić information content (AvgIpc) is 2.96. The summed E-state index contributed by atoms with van der Waals surface area (Å²) in [6.07, 6.45) is 2.11. The van der Waals surface area contributed by atoms with Crippen LogP contribution < -0.4 is 10.2 Å². The molecule has 1 fully saturated rings. The largest absolute Gasteiger partial charge is 0.372 e. The van der Waals surface area contributed by atoms with Crippen LogP contribution in [0.2, 0.25) is 0 Å². The molecule has 1 aromatic carbocycles. The van der Waals surface area contributed by atoms with Crippen LogP contribution in [0.5, 0.6) is 0 Å². The van der Waals surface area contributed by atoms with E-state index in [9.17, 15) is 0 Å². The van der Waals surface area contributed by atoms with E-state index in [0.717, 1.165) is 35.6 Å². The van der Waals surface area contributed by atoms with Gasteiger partial charge < -0.3 is 15.0 Å². The fourth-order valence-corrected chi connectivity index (χ4v) is 3.45. The van der Waals surface area contributed by atoms with Gasteiger partial charge in [0.25, 0.3) is 0 Å². The molecule has 136 valence electrons. The van der Waals surface area contributed by atoms with Gasteiger partial charge >= 0.3 is 0 Å². The second-order valence-corrected chi connectivity index (χ2v) is 7.03. The number of ether oxygens (including phenoxy) is 1. The van der Waals surface area contributed by atoms with Gasteiger partial charge in [0, 0.05) is 25.8 Å². The lowest BCUT2D eigenvalue weighted by atomic mass is 10.2. The monoisotopic (exact) mass is 352 g/mol. The Kier molecular flexibility index (Phi) is 4.24. The van der Waals surface area contributed by atoms with Crippen molar-refractivity contribution in [2.45, 2.75) is 33.0 Å². The molecule has 3 aromatic rings. The van der Waals surface area contributed by atoms with Crippen molar-refractivity contribution in [2.24, 2.45) is 7.05 Å². The van der Waals surface area contributed by atoms with Crippen molar-refractivity contribution < 1.29 is 4.74 Å². The highest BCUT2D eigenvalue weighted by atomic mass is 16.5. The molecule has 4 rings (SSSR count). The number of aromatic nitrogens is 4. The Hall–Kier alpha value is -2.67. The molecule has 7 nitrogen and oxygen atoms in total. The van der Waals surface area contributed by atoms with E-state index in [1.165, 1.54) is 5.56 Å². The Morgan fingerprint density at radius 2 is 1.92 bits per heavy atom. The number of nitrogens with zero attached hydrogens (tertiary/aromatic N) is 5. The highest BCUT2D eigenvalue weighted by Gasteiger charge is 2.25. The summed E-state index contributed by atoms with van der Waals surface area (Å²) < 4.78 is 7.63. The van der Waals surface area contributed by atoms with Gasteiger partial charge in [-0.3, -0.25) is 4.68 Å². The van der Waals surface area contributed by atoms with E-state index in [4.69, 9.17) is 14.7 Å². The van der Waals surface area contributed by atoms with Gasteiger partial charge in [0.2, 0.25) is 5.95 Å². The van der Waals surface area contributed by atoms with Gasteiger partial charge in [0.15, 0.2) is 5.65 Å². The van der Waals surface area contributed by atoms with Gasteiger partial charge in [0.1, 0.15) is 5.82 Å². The van der Waals surface area contributed by atoms with Crippen molar-refractivity contribution in [3.8, 4) is 0 Å². The molecule has 0 aliphatic carbocycles. The molecule has 1 aliphatic rings. The highest BCUT2D eigenvalue weighted by Crippen LogP contribution is 2.27. The van der Waals surface area contributed by atoms with E-state index in [2.05, 4.69) is 48.2 Å². The highest BCUT2D eigenvalue weighted by molar-refractivity contribution is 5.89. The maximum atomic E-state index is 5.84. The normalized spacial score (nSPS) is 20.5. The molecule has 26 heavy (non-hydrogen) atoms. The second-order valence-electron chi connectivity index (χ2n) is 7.03. The minimum absolute atomic E-state index is 0.151. The van der Waals surface area contributed by atoms with Crippen LogP contribution in [0.15, 0.2) is 30.5 Å². The summed E-state index contributed by atoms with van der Waals surface area (Å²) in [7, 11) is 1.90. The molecule has 3 heterocycles. The number of nitrogens with one attached hydrogen (secondary N) is 1. The molecule has 0 saturated carbocycles. The number of rotatable bonds is 3. The Morgan fingerprint density at radius 1 is 1.15 bits per heavy atom. The molecule has 0 bridgehead atoms. The van der Waals surface area contributed by atoms with E-state index in [0.29, 0.717) is 5.95 Å². The Bertz CT molecular complexity index is 927. The van der Waals surface area contributed by atoms with Crippen LogP contribution in [0.3, 0.4) is 0 Å². The van der Waals surface area contributed by atoms with E-state index in [-0.39, 0.29) is 12.2 Å². The first-order chi connectivity index (χ1) is 12.5. The topological polar surface area (TPSA) is 68.1 Å². The van der Waals surface area contributed by atoms with Gasteiger partial charge in [-0.25, -0.2) is 0 Å².